The van der Waals surface area contributed by atoms with Gasteiger partial charge in [-0.1, -0.05) is 12.1 Å². The van der Waals surface area contributed by atoms with Crippen LogP contribution in [0, 0.1) is 17.5 Å². The van der Waals surface area contributed by atoms with E-state index in [9.17, 15) is 32.3 Å². The Balaban J connectivity index is 1.48. The zero-order chi connectivity index (χ0) is 21.1. The van der Waals surface area contributed by atoms with E-state index in [0.717, 1.165) is 11.0 Å². The SMILES string of the molecule is O=C(CN1C(=O)c2ccccc2C1=O)NCCNC(=O)c1ccc(F)c(F)c1F. The highest BCUT2D eigenvalue weighted by molar-refractivity contribution is 6.22. The van der Waals surface area contributed by atoms with E-state index in [1.54, 1.807) is 12.1 Å². The highest BCUT2D eigenvalue weighted by atomic mass is 19.2. The van der Waals surface area contributed by atoms with Crippen molar-refractivity contribution in [3.63, 3.8) is 0 Å². The standard InChI is InChI=1S/C19H14F3N3O4/c20-13-6-5-12(15(21)16(13)22)17(27)24-8-7-23-14(26)9-25-18(28)10-3-1-2-4-11(10)19(25)29/h1-6H,7-9H2,(H,23,26)(H,24,27). The summed E-state index contributed by atoms with van der Waals surface area (Å²) in [6.45, 7) is -0.748. The quantitative estimate of drug-likeness (QED) is 0.430. The van der Waals surface area contributed by atoms with Crippen LogP contribution in [-0.4, -0.2) is 48.2 Å². The first-order valence-electron chi connectivity index (χ1n) is 8.45. The predicted molar refractivity (Wildman–Crippen MR) is 93.5 cm³/mol. The van der Waals surface area contributed by atoms with Crippen molar-refractivity contribution in [2.45, 2.75) is 0 Å². The van der Waals surface area contributed by atoms with Gasteiger partial charge >= 0.3 is 0 Å². The van der Waals surface area contributed by atoms with E-state index in [-0.39, 0.29) is 24.2 Å². The number of imide groups is 1. The monoisotopic (exact) mass is 405 g/mol. The number of benzene rings is 2. The third-order valence-electron chi connectivity index (χ3n) is 4.19. The fraction of sp³-hybridized carbons (Fsp3) is 0.158. The molecule has 0 spiro atoms. The summed E-state index contributed by atoms with van der Waals surface area (Å²) in [5.74, 6) is -7.59. The van der Waals surface area contributed by atoms with E-state index in [0.29, 0.717) is 6.07 Å². The molecule has 2 aromatic rings. The number of halogens is 3. The molecule has 0 atom stereocenters. The Morgan fingerprint density at radius 2 is 1.41 bits per heavy atom. The van der Waals surface area contributed by atoms with Gasteiger partial charge in [-0.2, -0.15) is 0 Å². The normalized spacial score (nSPS) is 12.7. The molecule has 1 aliphatic rings. The molecule has 150 valence electrons. The third kappa shape index (κ3) is 3.96. The molecule has 2 N–H and O–H groups in total. The number of nitrogens with zero attached hydrogens (tertiary/aromatic N) is 1. The number of amides is 4. The Bertz CT molecular complexity index is 991. The van der Waals surface area contributed by atoms with Gasteiger partial charge in [0, 0.05) is 13.1 Å². The Kier molecular flexibility index (Phi) is 5.62. The van der Waals surface area contributed by atoms with Gasteiger partial charge in [0.05, 0.1) is 16.7 Å². The first-order valence-corrected chi connectivity index (χ1v) is 8.45. The average Bonchev–Trinajstić information content (AvgIpc) is 2.94. The van der Waals surface area contributed by atoms with Gasteiger partial charge in [-0.05, 0) is 24.3 Å². The first-order chi connectivity index (χ1) is 13.8. The lowest BCUT2D eigenvalue weighted by atomic mass is 10.1. The second kappa shape index (κ2) is 8.13. The zero-order valence-corrected chi connectivity index (χ0v) is 14.8. The molecule has 4 amide bonds. The molecule has 29 heavy (non-hydrogen) atoms. The van der Waals surface area contributed by atoms with E-state index in [1.165, 1.54) is 12.1 Å². The van der Waals surface area contributed by atoms with Crippen molar-refractivity contribution < 1.29 is 32.3 Å². The minimum absolute atomic E-state index is 0.0982. The lowest BCUT2D eigenvalue weighted by Gasteiger charge is -2.14. The van der Waals surface area contributed by atoms with Crippen LogP contribution >= 0.6 is 0 Å². The van der Waals surface area contributed by atoms with E-state index < -0.39 is 53.2 Å². The number of fused-ring (bicyclic) bond motifs is 1. The van der Waals surface area contributed by atoms with Crippen LogP contribution < -0.4 is 10.6 Å². The van der Waals surface area contributed by atoms with Gasteiger partial charge in [0.1, 0.15) is 6.54 Å². The summed E-state index contributed by atoms with van der Waals surface area (Å²) in [6, 6.07) is 7.60. The minimum Gasteiger partial charge on any atom is -0.353 e. The molecule has 2 aromatic carbocycles. The number of hydrogen-bond donors (Lipinski definition) is 2. The van der Waals surface area contributed by atoms with Crippen molar-refractivity contribution >= 4 is 23.6 Å². The maximum absolute atomic E-state index is 13.5. The minimum atomic E-state index is -1.76. The van der Waals surface area contributed by atoms with Crippen molar-refractivity contribution in [2.24, 2.45) is 0 Å². The molecular weight excluding hydrogens is 391 g/mol. The molecule has 0 radical (unpaired) electrons. The summed E-state index contributed by atoms with van der Waals surface area (Å²) in [5, 5.41) is 4.63. The maximum Gasteiger partial charge on any atom is 0.262 e. The van der Waals surface area contributed by atoms with Crippen LogP contribution in [0.2, 0.25) is 0 Å². The van der Waals surface area contributed by atoms with Gasteiger partial charge in [0.25, 0.3) is 17.7 Å². The first kappa shape index (κ1) is 20.1. The smallest absolute Gasteiger partial charge is 0.262 e. The topological polar surface area (TPSA) is 95.6 Å². The summed E-state index contributed by atoms with van der Waals surface area (Å²) in [5.41, 5.74) is -0.251. The van der Waals surface area contributed by atoms with Crippen molar-refractivity contribution in [3.05, 3.63) is 70.5 Å². The van der Waals surface area contributed by atoms with Crippen molar-refractivity contribution in [3.8, 4) is 0 Å². The average molecular weight is 405 g/mol. The van der Waals surface area contributed by atoms with Crippen LogP contribution in [0.4, 0.5) is 13.2 Å². The van der Waals surface area contributed by atoms with Gasteiger partial charge < -0.3 is 10.6 Å². The molecule has 0 unspecified atom stereocenters. The Labute approximate surface area is 162 Å². The van der Waals surface area contributed by atoms with E-state index in [2.05, 4.69) is 10.6 Å². The van der Waals surface area contributed by atoms with E-state index >= 15 is 0 Å². The molecule has 7 nitrogen and oxygen atoms in total. The van der Waals surface area contributed by atoms with Crippen LogP contribution in [0.15, 0.2) is 36.4 Å². The predicted octanol–water partition coefficient (Wildman–Crippen LogP) is 1.25. The van der Waals surface area contributed by atoms with Crippen molar-refractivity contribution in [2.75, 3.05) is 19.6 Å². The number of nitrogens with one attached hydrogen (secondary N) is 2. The number of hydrogen-bond acceptors (Lipinski definition) is 4. The van der Waals surface area contributed by atoms with Gasteiger partial charge in [-0.15, -0.1) is 0 Å². The van der Waals surface area contributed by atoms with E-state index in [1.807, 2.05) is 0 Å². The second-order valence-electron chi connectivity index (χ2n) is 6.07. The zero-order valence-electron chi connectivity index (χ0n) is 14.8. The summed E-state index contributed by atoms with van der Waals surface area (Å²) in [4.78, 5) is 48.9. The summed E-state index contributed by atoms with van der Waals surface area (Å²) < 4.78 is 39.6. The molecule has 1 heterocycles. The van der Waals surface area contributed by atoms with Crippen molar-refractivity contribution in [1.82, 2.24) is 15.5 Å². The van der Waals surface area contributed by atoms with Gasteiger partial charge in [-0.25, -0.2) is 13.2 Å². The second-order valence-corrected chi connectivity index (χ2v) is 6.07. The molecule has 0 saturated heterocycles. The van der Waals surface area contributed by atoms with Crippen LogP contribution in [-0.2, 0) is 4.79 Å². The highest BCUT2D eigenvalue weighted by Crippen LogP contribution is 2.21. The number of carbonyl (C=O) groups excluding carboxylic acids is 4. The van der Waals surface area contributed by atoms with Gasteiger partial charge in [0.15, 0.2) is 17.5 Å². The Morgan fingerprint density at radius 1 is 0.828 bits per heavy atom. The summed E-state index contributed by atoms with van der Waals surface area (Å²) in [7, 11) is 0. The van der Waals surface area contributed by atoms with Crippen LogP contribution in [0.3, 0.4) is 0 Å². The molecule has 0 saturated carbocycles. The Morgan fingerprint density at radius 3 is 2.03 bits per heavy atom. The summed E-state index contributed by atoms with van der Waals surface area (Å²) in [6.07, 6.45) is 0. The molecular formula is C19H14F3N3O4. The third-order valence-corrected chi connectivity index (χ3v) is 4.19. The van der Waals surface area contributed by atoms with Crippen LogP contribution in [0.25, 0.3) is 0 Å². The number of rotatable bonds is 6. The van der Waals surface area contributed by atoms with Crippen molar-refractivity contribution in [1.29, 1.82) is 0 Å². The molecule has 10 heteroatoms. The lowest BCUT2D eigenvalue weighted by molar-refractivity contribution is -0.121. The maximum atomic E-state index is 13.5. The molecule has 0 aliphatic carbocycles. The number of carbonyl (C=O) groups is 4. The lowest BCUT2D eigenvalue weighted by Crippen LogP contribution is -2.42. The Hall–Kier alpha value is -3.69. The van der Waals surface area contributed by atoms with E-state index in [4.69, 9.17) is 0 Å². The molecule has 0 fully saturated rings. The fourth-order valence-electron chi connectivity index (χ4n) is 2.76. The van der Waals surface area contributed by atoms with Crippen LogP contribution in [0.1, 0.15) is 31.1 Å². The fourth-order valence-corrected chi connectivity index (χ4v) is 2.76. The largest absolute Gasteiger partial charge is 0.353 e. The van der Waals surface area contributed by atoms with Crippen LogP contribution in [0.5, 0.6) is 0 Å². The molecule has 3 rings (SSSR count). The van der Waals surface area contributed by atoms with Gasteiger partial charge in [-0.3, -0.25) is 24.1 Å². The molecule has 0 aromatic heterocycles. The highest BCUT2D eigenvalue weighted by Gasteiger charge is 2.36. The molecule has 1 aliphatic heterocycles. The molecule has 0 bridgehead atoms. The van der Waals surface area contributed by atoms with Gasteiger partial charge in [0.2, 0.25) is 5.91 Å². The summed E-state index contributed by atoms with van der Waals surface area (Å²) >= 11 is 0.